The topological polar surface area (TPSA) is 83.5 Å². The lowest BCUT2D eigenvalue weighted by atomic mass is 10.1. The molecular formula is C9H10ClI2NO3. The molecular weight excluding hydrogens is 459 g/mol. The van der Waals surface area contributed by atoms with Gasteiger partial charge in [0.25, 0.3) is 0 Å². The summed E-state index contributed by atoms with van der Waals surface area (Å²) in [5, 5.41) is 18.2. The van der Waals surface area contributed by atoms with Crippen LogP contribution in [0.1, 0.15) is 5.56 Å². The van der Waals surface area contributed by atoms with E-state index in [2.05, 4.69) is 0 Å². The van der Waals surface area contributed by atoms with Crippen molar-refractivity contribution in [3.05, 3.63) is 24.8 Å². The van der Waals surface area contributed by atoms with Gasteiger partial charge in [-0.25, -0.2) is 0 Å². The molecule has 1 rings (SSSR count). The maximum atomic E-state index is 10.6. The molecule has 1 aromatic carbocycles. The molecule has 0 spiro atoms. The van der Waals surface area contributed by atoms with Crippen molar-refractivity contribution in [2.45, 2.75) is 12.5 Å². The highest BCUT2D eigenvalue weighted by Gasteiger charge is 2.14. The van der Waals surface area contributed by atoms with Gasteiger partial charge in [-0.05, 0) is 69.3 Å². The zero-order chi connectivity index (χ0) is 11.6. The summed E-state index contributed by atoms with van der Waals surface area (Å²) < 4.78 is 1.40. The van der Waals surface area contributed by atoms with E-state index in [4.69, 9.17) is 10.8 Å². The van der Waals surface area contributed by atoms with Crippen LogP contribution in [0.3, 0.4) is 0 Å². The molecule has 0 bridgehead atoms. The number of aromatic hydroxyl groups is 1. The highest BCUT2D eigenvalue weighted by molar-refractivity contribution is 14.1. The van der Waals surface area contributed by atoms with Crippen molar-refractivity contribution in [2.24, 2.45) is 5.73 Å². The van der Waals surface area contributed by atoms with Crippen molar-refractivity contribution in [2.75, 3.05) is 0 Å². The molecule has 0 heterocycles. The molecule has 4 N–H and O–H groups in total. The van der Waals surface area contributed by atoms with E-state index in [1.165, 1.54) is 0 Å². The van der Waals surface area contributed by atoms with Crippen LogP contribution in [0.25, 0.3) is 0 Å². The van der Waals surface area contributed by atoms with Crippen LogP contribution in [0.15, 0.2) is 12.1 Å². The number of carboxylic acids is 1. The van der Waals surface area contributed by atoms with Crippen LogP contribution in [0.4, 0.5) is 0 Å². The molecule has 0 aliphatic heterocycles. The number of hydrogen-bond acceptors (Lipinski definition) is 3. The standard InChI is InChI=1S/C9H9I2NO3.ClH/c10-5-1-4(2-6(11)8(5)13)3-7(12)9(14)15;/h1-2,7,13H,3,12H2,(H,14,15);1H/t7-;/m1./s1. The van der Waals surface area contributed by atoms with E-state index in [-0.39, 0.29) is 24.6 Å². The molecule has 0 saturated carbocycles. The van der Waals surface area contributed by atoms with Gasteiger partial charge in [0.05, 0.1) is 7.14 Å². The van der Waals surface area contributed by atoms with Gasteiger partial charge < -0.3 is 15.9 Å². The number of aliphatic carboxylic acids is 1. The first kappa shape index (κ1) is 16.2. The minimum absolute atomic E-state index is 0. The molecule has 1 aromatic rings. The summed E-state index contributed by atoms with van der Waals surface area (Å²) >= 11 is 3.99. The smallest absolute Gasteiger partial charge is 0.320 e. The summed E-state index contributed by atoms with van der Waals surface area (Å²) in [5.41, 5.74) is 6.24. The Hall–Kier alpha value is 0.200. The molecule has 0 aliphatic rings. The summed E-state index contributed by atoms with van der Waals surface area (Å²) in [6.07, 6.45) is 0.265. The number of phenols is 1. The minimum atomic E-state index is -1.02. The van der Waals surface area contributed by atoms with Crippen molar-refractivity contribution in [3.8, 4) is 5.75 Å². The third-order valence-electron chi connectivity index (χ3n) is 1.85. The van der Waals surface area contributed by atoms with Gasteiger partial charge in [0, 0.05) is 0 Å². The van der Waals surface area contributed by atoms with Gasteiger partial charge >= 0.3 is 5.97 Å². The van der Waals surface area contributed by atoms with E-state index in [0.717, 1.165) is 5.56 Å². The van der Waals surface area contributed by atoms with Crippen molar-refractivity contribution in [1.82, 2.24) is 0 Å². The lowest BCUT2D eigenvalue weighted by Gasteiger charge is -2.08. The Morgan fingerprint density at radius 2 is 1.81 bits per heavy atom. The molecule has 0 radical (unpaired) electrons. The second-order valence-corrected chi connectivity index (χ2v) is 5.38. The molecule has 0 unspecified atom stereocenters. The number of hydrogen-bond donors (Lipinski definition) is 3. The quantitative estimate of drug-likeness (QED) is 0.592. The predicted molar refractivity (Wildman–Crippen MR) is 80.1 cm³/mol. The van der Waals surface area contributed by atoms with Gasteiger partial charge in [0.2, 0.25) is 0 Å². The zero-order valence-electron chi connectivity index (χ0n) is 7.98. The van der Waals surface area contributed by atoms with Crippen LogP contribution in [0.2, 0.25) is 0 Å². The van der Waals surface area contributed by atoms with E-state index in [0.29, 0.717) is 7.14 Å². The monoisotopic (exact) mass is 469 g/mol. The number of halogens is 3. The third-order valence-corrected chi connectivity index (χ3v) is 3.49. The van der Waals surface area contributed by atoms with Crippen molar-refractivity contribution < 1.29 is 15.0 Å². The zero-order valence-corrected chi connectivity index (χ0v) is 13.1. The van der Waals surface area contributed by atoms with Crippen LogP contribution >= 0.6 is 57.6 Å². The van der Waals surface area contributed by atoms with Crippen LogP contribution in [-0.2, 0) is 11.2 Å². The summed E-state index contributed by atoms with van der Waals surface area (Å²) in [7, 11) is 0. The molecule has 7 heteroatoms. The second-order valence-electron chi connectivity index (χ2n) is 3.06. The molecule has 16 heavy (non-hydrogen) atoms. The number of carboxylic acid groups (broad SMARTS) is 1. The van der Waals surface area contributed by atoms with Gasteiger partial charge in [0.15, 0.2) is 0 Å². The summed E-state index contributed by atoms with van der Waals surface area (Å²) in [6.45, 7) is 0. The number of phenolic OH excluding ortho intramolecular Hbond substituents is 1. The van der Waals surface area contributed by atoms with Crippen LogP contribution in [-0.4, -0.2) is 22.2 Å². The third kappa shape index (κ3) is 4.22. The van der Waals surface area contributed by atoms with Crippen LogP contribution < -0.4 is 5.73 Å². The van der Waals surface area contributed by atoms with E-state index < -0.39 is 12.0 Å². The Balaban J connectivity index is 0.00000225. The first-order chi connectivity index (χ1) is 6.91. The Bertz CT molecular complexity index is 377. The van der Waals surface area contributed by atoms with Crippen molar-refractivity contribution >= 4 is 63.6 Å². The molecule has 90 valence electrons. The first-order valence-electron chi connectivity index (χ1n) is 4.07. The molecule has 0 amide bonds. The predicted octanol–water partition coefficient (Wildman–Crippen LogP) is 1.98. The fourth-order valence-corrected chi connectivity index (χ4v) is 2.97. The van der Waals surface area contributed by atoms with Crippen molar-refractivity contribution in [3.63, 3.8) is 0 Å². The minimum Gasteiger partial charge on any atom is -0.506 e. The Morgan fingerprint density at radius 3 is 2.19 bits per heavy atom. The molecule has 1 atom stereocenters. The maximum Gasteiger partial charge on any atom is 0.320 e. The SMILES string of the molecule is Cl.N[C@H](Cc1cc(I)c(O)c(I)c1)C(=O)O. The lowest BCUT2D eigenvalue weighted by molar-refractivity contribution is -0.138. The Labute approximate surface area is 126 Å². The van der Waals surface area contributed by atoms with E-state index in [9.17, 15) is 9.90 Å². The fourth-order valence-electron chi connectivity index (χ4n) is 1.08. The molecule has 0 aromatic heterocycles. The highest BCUT2D eigenvalue weighted by Crippen LogP contribution is 2.27. The fraction of sp³-hybridized carbons (Fsp3) is 0.222. The highest BCUT2D eigenvalue weighted by atomic mass is 127. The Kier molecular flexibility index (Phi) is 6.90. The Morgan fingerprint density at radius 1 is 1.38 bits per heavy atom. The van der Waals surface area contributed by atoms with Crippen LogP contribution in [0.5, 0.6) is 5.75 Å². The number of nitrogens with two attached hydrogens (primary N) is 1. The first-order valence-corrected chi connectivity index (χ1v) is 6.23. The van der Waals surface area contributed by atoms with Gasteiger partial charge in [-0.1, -0.05) is 0 Å². The van der Waals surface area contributed by atoms with E-state index in [1.807, 2.05) is 45.2 Å². The van der Waals surface area contributed by atoms with Crippen LogP contribution in [0, 0.1) is 7.14 Å². The normalized spacial score (nSPS) is 11.7. The molecule has 0 saturated heterocycles. The maximum absolute atomic E-state index is 10.6. The van der Waals surface area contributed by atoms with Gasteiger partial charge in [-0.3, -0.25) is 4.79 Å². The summed E-state index contributed by atoms with van der Waals surface area (Å²) in [6, 6.07) is 2.57. The molecule has 4 nitrogen and oxygen atoms in total. The van der Waals surface area contributed by atoms with E-state index in [1.54, 1.807) is 12.1 Å². The largest absolute Gasteiger partial charge is 0.506 e. The van der Waals surface area contributed by atoms with Gasteiger partial charge in [0.1, 0.15) is 11.8 Å². The number of benzene rings is 1. The molecule has 0 fully saturated rings. The average Bonchev–Trinajstić information content (AvgIpc) is 2.13. The van der Waals surface area contributed by atoms with E-state index >= 15 is 0 Å². The number of carbonyl (C=O) groups is 1. The summed E-state index contributed by atoms with van der Waals surface area (Å²) in [4.78, 5) is 10.6. The summed E-state index contributed by atoms with van der Waals surface area (Å²) in [5.74, 6) is -0.795. The van der Waals surface area contributed by atoms with Gasteiger partial charge in [-0.15, -0.1) is 12.4 Å². The molecule has 0 aliphatic carbocycles. The lowest BCUT2D eigenvalue weighted by Crippen LogP contribution is -2.32. The second kappa shape index (κ2) is 6.82. The average molecular weight is 469 g/mol. The number of rotatable bonds is 3. The van der Waals surface area contributed by atoms with Crippen molar-refractivity contribution in [1.29, 1.82) is 0 Å². The van der Waals surface area contributed by atoms with Gasteiger partial charge in [-0.2, -0.15) is 0 Å².